The van der Waals surface area contributed by atoms with Gasteiger partial charge in [-0.05, 0) is 51.9 Å². The molecular weight excluding hydrogens is 230 g/mol. The highest BCUT2D eigenvalue weighted by atomic mass is 16.6. The predicted octanol–water partition coefficient (Wildman–Crippen LogP) is 2.80. The van der Waals surface area contributed by atoms with E-state index in [4.69, 9.17) is 9.84 Å². The molecule has 0 unspecified atom stereocenters. The first-order chi connectivity index (χ1) is 8.26. The molecule has 1 saturated heterocycles. The highest BCUT2D eigenvalue weighted by Gasteiger charge is 2.32. The van der Waals surface area contributed by atoms with Gasteiger partial charge in [0.05, 0.1) is 0 Å². The van der Waals surface area contributed by atoms with Gasteiger partial charge in [-0.1, -0.05) is 6.92 Å². The Morgan fingerprint density at radius 1 is 1.33 bits per heavy atom. The number of piperidine rings is 1. The minimum Gasteiger partial charge on any atom is -0.444 e. The maximum absolute atomic E-state index is 11.9. The fourth-order valence-corrected chi connectivity index (χ4v) is 2.31. The molecule has 0 radical (unpaired) electrons. The van der Waals surface area contributed by atoms with Gasteiger partial charge in [-0.15, -0.1) is 0 Å². The molecule has 0 atom stereocenters. The smallest absolute Gasteiger partial charge is 0.410 e. The number of ether oxygens (including phenoxy) is 1. The zero-order valence-corrected chi connectivity index (χ0v) is 12.2. The summed E-state index contributed by atoms with van der Waals surface area (Å²) in [6, 6.07) is 0. The number of aliphatic hydroxyl groups is 1. The van der Waals surface area contributed by atoms with Crippen molar-refractivity contribution >= 4 is 6.09 Å². The van der Waals surface area contributed by atoms with E-state index in [1.54, 1.807) is 4.90 Å². The molecule has 0 aromatic rings. The number of hydrogen-bond donors (Lipinski definition) is 1. The van der Waals surface area contributed by atoms with E-state index in [-0.39, 0.29) is 18.1 Å². The van der Waals surface area contributed by atoms with Crippen LogP contribution in [-0.2, 0) is 4.74 Å². The fourth-order valence-electron chi connectivity index (χ4n) is 2.31. The lowest BCUT2D eigenvalue weighted by atomic mass is 9.77. The van der Waals surface area contributed by atoms with Crippen molar-refractivity contribution in [3.63, 3.8) is 0 Å². The lowest BCUT2D eigenvalue weighted by molar-refractivity contribution is 0.0104. The molecule has 0 saturated carbocycles. The minimum atomic E-state index is -0.422. The largest absolute Gasteiger partial charge is 0.444 e. The normalized spacial score (nSPS) is 19.7. The zero-order chi connectivity index (χ0) is 13.8. The number of carbonyl (C=O) groups is 1. The Balaban J connectivity index is 2.41. The van der Waals surface area contributed by atoms with Crippen molar-refractivity contribution < 1.29 is 14.6 Å². The van der Waals surface area contributed by atoms with Gasteiger partial charge in [0, 0.05) is 19.7 Å². The molecule has 1 amide bonds. The van der Waals surface area contributed by atoms with Crippen LogP contribution in [0.2, 0.25) is 0 Å². The van der Waals surface area contributed by atoms with Crippen LogP contribution in [0.4, 0.5) is 4.79 Å². The molecule has 1 heterocycles. The van der Waals surface area contributed by atoms with Crippen LogP contribution in [0, 0.1) is 5.41 Å². The van der Waals surface area contributed by atoms with Gasteiger partial charge in [0.25, 0.3) is 0 Å². The zero-order valence-electron chi connectivity index (χ0n) is 12.2. The maximum Gasteiger partial charge on any atom is 0.410 e. The van der Waals surface area contributed by atoms with Crippen LogP contribution in [-0.4, -0.2) is 41.4 Å². The number of aliphatic hydroxyl groups excluding tert-OH is 1. The molecule has 0 bridgehead atoms. The number of nitrogens with zero attached hydrogens (tertiary/aromatic N) is 1. The van der Waals surface area contributed by atoms with Crippen molar-refractivity contribution in [3.8, 4) is 0 Å². The van der Waals surface area contributed by atoms with Crippen molar-refractivity contribution in [1.82, 2.24) is 4.90 Å². The van der Waals surface area contributed by atoms with Crippen LogP contribution in [0.15, 0.2) is 0 Å². The Labute approximate surface area is 110 Å². The van der Waals surface area contributed by atoms with Gasteiger partial charge in [-0.2, -0.15) is 0 Å². The Morgan fingerprint density at radius 2 is 1.89 bits per heavy atom. The number of rotatable bonds is 3. The second kappa shape index (κ2) is 5.91. The molecule has 1 aliphatic rings. The first kappa shape index (κ1) is 15.3. The van der Waals surface area contributed by atoms with E-state index in [9.17, 15) is 4.79 Å². The summed E-state index contributed by atoms with van der Waals surface area (Å²) in [4.78, 5) is 13.7. The molecule has 1 N–H and O–H groups in total. The van der Waals surface area contributed by atoms with Crippen LogP contribution in [0.1, 0.15) is 53.4 Å². The number of hydrogen-bond acceptors (Lipinski definition) is 3. The predicted molar refractivity (Wildman–Crippen MR) is 71.5 cm³/mol. The molecule has 18 heavy (non-hydrogen) atoms. The van der Waals surface area contributed by atoms with Crippen molar-refractivity contribution in [2.75, 3.05) is 19.7 Å². The van der Waals surface area contributed by atoms with Gasteiger partial charge in [-0.3, -0.25) is 0 Å². The van der Waals surface area contributed by atoms with E-state index in [0.29, 0.717) is 0 Å². The highest BCUT2D eigenvalue weighted by Crippen LogP contribution is 2.35. The highest BCUT2D eigenvalue weighted by molar-refractivity contribution is 5.68. The van der Waals surface area contributed by atoms with E-state index in [0.717, 1.165) is 38.8 Å². The molecule has 4 nitrogen and oxygen atoms in total. The van der Waals surface area contributed by atoms with Crippen LogP contribution >= 0.6 is 0 Å². The molecular formula is C14H27NO3. The van der Waals surface area contributed by atoms with Crippen LogP contribution < -0.4 is 0 Å². The quantitative estimate of drug-likeness (QED) is 0.845. The summed E-state index contributed by atoms with van der Waals surface area (Å²) in [6.07, 6.45) is 3.67. The number of carbonyl (C=O) groups excluding carboxylic acids is 1. The average molecular weight is 257 g/mol. The van der Waals surface area contributed by atoms with E-state index in [1.165, 1.54) is 0 Å². The fraction of sp³-hybridized carbons (Fsp3) is 0.929. The van der Waals surface area contributed by atoms with Crippen LogP contribution in [0.25, 0.3) is 0 Å². The molecule has 0 spiro atoms. The van der Waals surface area contributed by atoms with E-state index in [1.807, 2.05) is 20.8 Å². The summed E-state index contributed by atoms with van der Waals surface area (Å²) in [7, 11) is 0. The summed E-state index contributed by atoms with van der Waals surface area (Å²) >= 11 is 0. The molecule has 4 heteroatoms. The number of likely N-dealkylation sites (tertiary alicyclic amines) is 1. The Bertz CT molecular complexity index is 275. The Hall–Kier alpha value is -0.770. The van der Waals surface area contributed by atoms with Crippen molar-refractivity contribution in [2.45, 2.75) is 59.0 Å². The molecule has 1 rings (SSSR count). The first-order valence-electron chi connectivity index (χ1n) is 6.85. The first-order valence-corrected chi connectivity index (χ1v) is 6.85. The molecule has 0 aliphatic carbocycles. The summed E-state index contributed by atoms with van der Waals surface area (Å²) in [5, 5.41) is 8.89. The molecule has 0 aromatic carbocycles. The second-order valence-electron chi connectivity index (χ2n) is 6.61. The van der Waals surface area contributed by atoms with Crippen LogP contribution in [0.3, 0.4) is 0 Å². The Morgan fingerprint density at radius 3 is 2.33 bits per heavy atom. The topological polar surface area (TPSA) is 49.8 Å². The van der Waals surface area contributed by atoms with E-state index < -0.39 is 5.60 Å². The van der Waals surface area contributed by atoms with Gasteiger partial charge in [0.1, 0.15) is 5.60 Å². The standard InChI is InChI=1S/C14H27NO3/c1-13(2,3)18-12(17)15-9-7-14(4,8-10-15)6-5-11-16/h16H,5-11H2,1-4H3. The van der Waals surface area contributed by atoms with E-state index in [2.05, 4.69) is 6.92 Å². The Kier molecular flexibility index (Phi) is 5.02. The minimum absolute atomic E-state index is 0.202. The lowest BCUT2D eigenvalue weighted by Gasteiger charge is -2.39. The van der Waals surface area contributed by atoms with Crippen LogP contribution in [0.5, 0.6) is 0 Å². The molecule has 0 aromatic heterocycles. The van der Waals surface area contributed by atoms with E-state index >= 15 is 0 Å². The van der Waals surface area contributed by atoms with Crippen molar-refractivity contribution in [2.24, 2.45) is 5.41 Å². The SMILES string of the molecule is CC1(CCCO)CCN(C(=O)OC(C)(C)C)CC1. The van der Waals surface area contributed by atoms with Crippen molar-refractivity contribution in [1.29, 1.82) is 0 Å². The number of amides is 1. The lowest BCUT2D eigenvalue weighted by Crippen LogP contribution is -2.44. The van der Waals surface area contributed by atoms with Gasteiger partial charge < -0.3 is 14.7 Å². The van der Waals surface area contributed by atoms with Crippen molar-refractivity contribution in [3.05, 3.63) is 0 Å². The maximum atomic E-state index is 11.9. The second-order valence-corrected chi connectivity index (χ2v) is 6.61. The molecule has 1 aliphatic heterocycles. The summed E-state index contributed by atoms with van der Waals surface area (Å²) in [6.45, 7) is 9.69. The summed E-state index contributed by atoms with van der Waals surface area (Å²) in [5.41, 5.74) is -0.157. The van der Waals surface area contributed by atoms with Gasteiger partial charge in [-0.25, -0.2) is 4.79 Å². The molecule has 1 fully saturated rings. The third-order valence-electron chi connectivity index (χ3n) is 3.56. The van der Waals surface area contributed by atoms with Gasteiger partial charge in [0.15, 0.2) is 0 Å². The average Bonchev–Trinajstić information content (AvgIpc) is 2.25. The summed E-state index contributed by atoms with van der Waals surface area (Å²) in [5.74, 6) is 0. The third-order valence-corrected chi connectivity index (χ3v) is 3.56. The summed E-state index contributed by atoms with van der Waals surface area (Å²) < 4.78 is 5.37. The van der Waals surface area contributed by atoms with Gasteiger partial charge >= 0.3 is 6.09 Å². The third kappa shape index (κ3) is 4.84. The molecule has 106 valence electrons. The van der Waals surface area contributed by atoms with Gasteiger partial charge in [0.2, 0.25) is 0 Å². The monoisotopic (exact) mass is 257 g/mol.